The highest BCUT2D eigenvalue weighted by Gasteiger charge is 2.21. The van der Waals surface area contributed by atoms with E-state index in [-0.39, 0.29) is 5.60 Å². The molecule has 0 amide bonds. The number of nitrogens with zero attached hydrogens (tertiary/aromatic N) is 1. The fraction of sp³-hybridized carbons (Fsp3) is 0.846. The van der Waals surface area contributed by atoms with Gasteiger partial charge in [0, 0.05) is 13.0 Å². The topological polar surface area (TPSA) is 32.7 Å². The molecule has 0 aromatic heterocycles. The molecule has 92 valence electrons. The molecule has 3 nitrogen and oxygen atoms in total. The van der Waals surface area contributed by atoms with Crippen LogP contribution in [0.25, 0.3) is 0 Å². The first-order valence-electron chi connectivity index (χ1n) is 6.01. The molecule has 0 unspecified atom stereocenters. The first-order valence-corrected chi connectivity index (χ1v) is 6.01. The van der Waals surface area contributed by atoms with Gasteiger partial charge in [0.1, 0.15) is 0 Å². The normalized spacial score (nSPS) is 19.6. The van der Waals surface area contributed by atoms with Crippen LogP contribution in [0.1, 0.15) is 33.1 Å². The van der Waals surface area contributed by atoms with E-state index in [1.165, 1.54) is 12.8 Å². The molecule has 0 radical (unpaired) electrons. The van der Waals surface area contributed by atoms with E-state index in [0.717, 1.165) is 13.1 Å². The molecule has 1 heterocycles. The lowest BCUT2D eigenvalue weighted by molar-refractivity contribution is -0.0617. The minimum absolute atomic E-state index is 0.333. The van der Waals surface area contributed by atoms with Crippen molar-refractivity contribution in [1.29, 1.82) is 0 Å². The van der Waals surface area contributed by atoms with Gasteiger partial charge in [0.15, 0.2) is 0 Å². The molecular formula is C13H23NO2. The van der Waals surface area contributed by atoms with Crippen LogP contribution in [0.5, 0.6) is 0 Å². The highest BCUT2D eigenvalue weighted by Crippen LogP contribution is 2.14. The predicted molar refractivity (Wildman–Crippen MR) is 65.2 cm³/mol. The second-order valence-corrected chi connectivity index (χ2v) is 5.11. The molecule has 1 aliphatic rings. The Labute approximate surface area is 98.8 Å². The van der Waals surface area contributed by atoms with Crippen LogP contribution in [0, 0.1) is 12.3 Å². The van der Waals surface area contributed by atoms with Gasteiger partial charge in [0.25, 0.3) is 0 Å². The molecular weight excluding hydrogens is 202 g/mol. The van der Waals surface area contributed by atoms with E-state index in [1.54, 1.807) is 0 Å². The molecule has 0 saturated carbocycles. The highest BCUT2D eigenvalue weighted by atomic mass is 16.5. The van der Waals surface area contributed by atoms with Gasteiger partial charge >= 0.3 is 0 Å². The standard InChI is InChI=1S/C13H23NO2/c1-4-7-13(2,3)16-11-12(15)10-14-8-5-6-9-14/h1,12,15H,5-11H2,2-3H3/t12-/m0/s1. The summed E-state index contributed by atoms with van der Waals surface area (Å²) in [7, 11) is 0. The van der Waals surface area contributed by atoms with Crippen molar-refractivity contribution in [3.8, 4) is 12.3 Å². The van der Waals surface area contributed by atoms with Crippen LogP contribution < -0.4 is 0 Å². The third-order valence-corrected chi connectivity index (χ3v) is 2.86. The maximum absolute atomic E-state index is 9.82. The molecule has 16 heavy (non-hydrogen) atoms. The van der Waals surface area contributed by atoms with Gasteiger partial charge in [0.2, 0.25) is 0 Å². The van der Waals surface area contributed by atoms with Crippen molar-refractivity contribution < 1.29 is 9.84 Å². The minimum atomic E-state index is -0.407. The van der Waals surface area contributed by atoms with E-state index >= 15 is 0 Å². The van der Waals surface area contributed by atoms with Crippen molar-refractivity contribution in [3.05, 3.63) is 0 Å². The van der Waals surface area contributed by atoms with Gasteiger partial charge in [-0.15, -0.1) is 12.3 Å². The monoisotopic (exact) mass is 225 g/mol. The van der Waals surface area contributed by atoms with E-state index in [1.807, 2.05) is 13.8 Å². The Morgan fingerprint density at radius 3 is 2.62 bits per heavy atom. The summed E-state index contributed by atoms with van der Waals surface area (Å²) in [6, 6.07) is 0. The van der Waals surface area contributed by atoms with E-state index in [0.29, 0.717) is 19.6 Å². The van der Waals surface area contributed by atoms with Crippen LogP contribution in [0.3, 0.4) is 0 Å². The van der Waals surface area contributed by atoms with Gasteiger partial charge < -0.3 is 14.7 Å². The Bertz CT molecular complexity index is 239. The molecule has 0 aliphatic carbocycles. The lowest BCUT2D eigenvalue weighted by Gasteiger charge is -2.26. The number of likely N-dealkylation sites (tertiary alicyclic amines) is 1. The van der Waals surface area contributed by atoms with Gasteiger partial charge in [-0.2, -0.15) is 0 Å². The van der Waals surface area contributed by atoms with E-state index in [4.69, 9.17) is 11.2 Å². The molecule has 1 fully saturated rings. The number of aliphatic hydroxyl groups is 1. The number of hydrogen-bond acceptors (Lipinski definition) is 3. The molecule has 1 rings (SSSR count). The average molecular weight is 225 g/mol. The molecule has 0 aromatic carbocycles. The molecule has 3 heteroatoms. The van der Waals surface area contributed by atoms with Crippen molar-refractivity contribution in [2.75, 3.05) is 26.2 Å². The first-order chi connectivity index (χ1) is 7.53. The lowest BCUT2D eigenvalue weighted by Crippen LogP contribution is -2.36. The zero-order valence-electron chi connectivity index (χ0n) is 10.4. The van der Waals surface area contributed by atoms with Crippen molar-refractivity contribution in [2.45, 2.75) is 44.8 Å². The third-order valence-electron chi connectivity index (χ3n) is 2.86. The quantitative estimate of drug-likeness (QED) is 0.691. The number of rotatable bonds is 6. The molecule has 0 spiro atoms. The maximum Gasteiger partial charge on any atom is 0.0900 e. The van der Waals surface area contributed by atoms with Crippen LogP contribution in [-0.4, -0.2) is 48.0 Å². The summed E-state index contributed by atoms with van der Waals surface area (Å²) in [5.74, 6) is 2.59. The Morgan fingerprint density at radius 1 is 1.44 bits per heavy atom. The number of terminal acetylenes is 1. The van der Waals surface area contributed by atoms with Crippen LogP contribution in [-0.2, 0) is 4.74 Å². The summed E-state index contributed by atoms with van der Waals surface area (Å²) in [5.41, 5.74) is -0.333. The molecule has 0 bridgehead atoms. The van der Waals surface area contributed by atoms with Crippen LogP contribution in [0.4, 0.5) is 0 Å². The van der Waals surface area contributed by atoms with Crippen molar-refractivity contribution in [1.82, 2.24) is 4.90 Å². The predicted octanol–water partition coefficient (Wildman–Crippen LogP) is 1.26. The third kappa shape index (κ3) is 4.98. The summed E-state index contributed by atoms with van der Waals surface area (Å²) in [5, 5.41) is 9.82. The van der Waals surface area contributed by atoms with Crippen LogP contribution in [0.2, 0.25) is 0 Å². The minimum Gasteiger partial charge on any atom is -0.389 e. The Hall–Kier alpha value is -0.560. The lowest BCUT2D eigenvalue weighted by atomic mass is 10.1. The zero-order valence-corrected chi connectivity index (χ0v) is 10.4. The summed E-state index contributed by atoms with van der Waals surface area (Å²) in [4.78, 5) is 2.28. The number of aliphatic hydroxyl groups excluding tert-OH is 1. The molecule has 1 atom stereocenters. The molecule has 1 saturated heterocycles. The number of ether oxygens (including phenoxy) is 1. The van der Waals surface area contributed by atoms with Gasteiger partial charge in [-0.1, -0.05) is 0 Å². The second kappa shape index (κ2) is 6.24. The van der Waals surface area contributed by atoms with Gasteiger partial charge in [0.05, 0.1) is 18.3 Å². The number of β-amino-alcohol motifs (C(OH)–C–C–N with tert-alkyl or cyclic N) is 1. The second-order valence-electron chi connectivity index (χ2n) is 5.11. The van der Waals surface area contributed by atoms with Gasteiger partial charge in [-0.05, 0) is 39.8 Å². The fourth-order valence-corrected chi connectivity index (χ4v) is 1.93. The average Bonchev–Trinajstić information content (AvgIpc) is 2.68. The van der Waals surface area contributed by atoms with E-state index in [9.17, 15) is 5.11 Å². The Kier molecular flexibility index (Phi) is 5.27. The van der Waals surface area contributed by atoms with Crippen molar-refractivity contribution in [2.24, 2.45) is 0 Å². The summed E-state index contributed by atoms with van der Waals surface area (Å²) >= 11 is 0. The highest BCUT2D eigenvalue weighted by molar-refractivity contribution is 4.92. The maximum atomic E-state index is 9.82. The summed E-state index contributed by atoms with van der Waals surface area (Å²) in [6.45, 7) is 7.19. The van der Waals surface area contributed by atoms with Crippen LogP contribution >= 0.6 is 0 Å². The Morgan fingerprint density at radius 2 is 2.06 bits per heavy atom. The van der Waals surface area contributed by atoms with E-state index in [2.05, 4.69) is 10.8 Å². The van der Waals surface area contributed by atoms with Crippen molar-refractivity contribution in [3.63, 3.8) is 0 Å². The summed E-state index contributed by atoms with van der Waals surface area (Å²) in [6.07, 6.45) is 7.91. The van der Waals surface area contributed by atoms with Crippen molar-refractivity contribution >= 4 is 0 Å². The largest absolute Gasteiger partial charge is 0.389 e. The number of hydrogen-bond donors (Lipinski definition) is 1. The van der Waals surface area contributed by atoms with Gasteiger partial charge in [-0.3, -0.25) is 0 Å². The van der Waals surface area contributed by atoms with Crippen LogP contribution in [0.15, 0.2) is 0 Å². The first kappa shape index (κ1) is 13.5. The molecule has 1 aliphatic heterocycles. The summed E-state index contributed by atoms with van der Waals surface area (Å²) < 4.78 is 5.62. The Balaban J connectivity index is 2.18. The zero-order chi connectivity index (χ0) is 12.0. The fourth-order valence-electron chi connectivity index (χ4n) is 1.93. The van der Waals surface area contributed by atoms with Gasteiger partial charge in [-0.25, -0.2) is 0 Å². The molecule has 1 N–H and O–H groups in total. The SMILES string of the molecule is C#CCC(C)(C)OC[C@@H](O)CN1CCCC1. The smallest absolute Gasteiger partial charge is 0.0900 e. The van der Waals surface area contributed by atoms with E-state index < -0.39 is 6.10 Å². The molecule has 0 aromatic rings.